The van der Waals surface area contributed by atoms with E-state index in [1.165, 1.54) is 6.42 Å². The summed E-state index contributed by atoms with van der Waals surface area (Å²) in [5.74, 6) is 1.67. The maximum absolute atomic E-state index is 5.26. The molecule has 0 spiro atoms. The quantitative estimate of drug-likeness (QED) is 0.339. The number of hydrogen-bond donors (Lipinski definition) is 1. The van der Waals surface area contributed by atoms with E-state index in [4.69, 9.17) is 14.5 Å². The van der Waals surface area contributed by atoms with E-state index in [-0.39, 0.29) is 24.0 Å². The molecule has 0 aromatic carbocycles. The Labute approximate surface area is 152 Å². The normalized spacial score (nSPS) is 18.7. The van der Waals surface area contributed by atoms with E-state index >= 15 is 0 Å². The minimum Gasteiger partial charge on any atom is -0.384 e. The van der Waals surface area contributed by atoms with Crippen LogP contribution in [0, 0.1) is 5.92 Å². The van der Waals surface area contributed by atoms with E-state index in [9.17, 15) is 0 Å². The first-order chi connectivity index (χ1) is 10.2. The van der Waals surface area contributed by atoms with Gasteiger partial charge in [-0.15, -0.1) is 24.0 Å². The lowest BCUT2D eigenvalue weighted by molar-refractivity contribution is 0.157. The molecule has 0 aliphatic carbocycles. The summed E-state index contributed by atoms with van der Waals surface area (Å²) < 4.78 is 10.3. The summed E-state index contributed by atoms with van der Waals surface area (Å²) in [5, 5.41) is 3.40. The molecule has 132 valence electrons. The van der Waals surface area contributed by atoms with Gasteiger partial charge in [-0.1, -0.05) is 0 Å². The van der Waals surface area contributed by atoms with Crippen molar-refractivity contribution in [3.63, 3.8) is 0 Å². The standard InChI is InChI=1S/C15H32N4O2.HI/c1-5-16-15(17-7-9-18(2)10-11-20-3)19-8-6-14(12-19)13-21-4;/h14H,5-13H2,1-4H3,(H,16,17);1H. The molecule has 7 heteroatoms. The third kappa shape index (κ3) is 8.50. The molecule has 1 aliphatic heterocycles. The molecule has 1 aliphatic rings. The Morgan fingerprint density at radius 2 is 2.09 bits per heavy atom. The SMILES string of the molecule is CCNC(=NCCN(C)CCOC)N1CCC(COC)C1.I. The number of guanidine groups is 1. The molecule has 1 unspecified atom stereocenters. The molecule has 6 nitrogen and oxygen atoms in total. The van der Waals surface area contributed by atoms with Gasteiger partial charge in [-0.25, -0.2) is 0 Å². The molecule has 1 atom stereocenters. The number of hydrogen-bond acceptors (Lipinski definition) is 4. The lowest BCUT2D eigenvalue weighted by Gasteiger charge is -2.22. The Kier molecular flexibility index (Phi) is 13.3. The van der Waals surface area contributed by atoms with Gasteiger partial charge in [-0.3, -0.25) is 4.99 Å². The highest BCUT2D eigenvalue weighted by Crippen LogP contribution is 2.16. The van der Waals surface area contributed by atoms with Crippen LogP contribution in [-0.2, 0) is 9.47 Å². The molecule has 22 heavy (non-hydrogen) atoms. The van der Waals surface area contributed by atoms with Crippen LogP contribution < -0.4 is 5.32 Å². The average molecular weight is 428 g/mol. The highest BCUT2D eigenvalue weighted by molar-refractivity contribution is 14.0. The predicted molar refractivity (Wildman–Crippen MR) is 102 cm³/mol. The summed E-state index contributed by atoms with van der Waals surface area (Å²) in [6.07, 6.45) is 1.19. The van der Waals surface area contributed by atoms with Gasteiger partial charge in [0.15, 0.2) is 5.96 Å². The summed E-state index contributed by atoms with van der Waals surface area (Å²) in [6.45, 7) is 9.45. The molecule has 1 heterocycles. The molecule has 1 saturated heterocycles. The van der Waals surface area contributed by atoms with Crippen molar-refractivity contribution in [2.75, 3.05) is 73.7 Å². The van der Waals surface area contributed by atoms with Gasteiger partial charge in [0.1, 0.15) is 0 Å². The second-order valence-electron chi connectivity index (χ2n) is 5.59. The highest BCUT2D eigenvalue weighted by Gasteiger charge is 2.24. The molecule has 0 aromatic rings. The maximum Gasteiger partial charge on any atom is 0.193 e. The Morgan fingerprint density at radius 3 is 2.73 bits per heavy atom. The number of aliphatic imine (C=N–C) groups is 1. The fraction of sp³-hybridized carbons (Fsp3) is 0.933. The summed E-state index contributed by atoms with van der Waals surface area (Å²) in [6, 6.07) is 0. The van der Waals surface area contributed by atoms with Gasteiger partial charge in [0.05, 0.1) is 19.8 Å². The van der Waals surface area contributed by atoms with Crippen LogP contribution in [0.2, 0.25) is 0 Å². The Bertz CT molecular complexity index is 305. The van der Waals surface area contributed by atoms with E-state index in [2.05, 4.69) is 29.1 Å². The fourth-order valence-corrected chi connectivity index (χ4v) is 2.51. The van der Waals surface area contributed by atoms with E-state index in [1.807, 2.05) is 0 Å². The van der Waals surface area contributed by atoms with Crippen LogP contribution in [-0.4, -0.2) is 89.5 Å². The summed E-state index contributed by atoms with van der Waals surface area (Å²) >= 11 is 0. The Morgan fingerprint density at radius 1 is 1.32 bits per heavy atom. The summed E-state index contributed by atoms with van der Waals surface area (Å²) in [5.41, 5.74) is 0. The van der Waals surface area contributed by atoms with E-state index in [1.54, 1.807) is 14.2 Å². The number of halogens is 1. The second-order valence-corrected chi connectivity index (χ2v) is 5.59. The van der Waals surface area contributed by atoms with Crippen LogP contribution in [0.1, 0.15) is 13.3 Å². The van der Waals surface area contributed by atoms with Crippen molar-refractivity contribution < 1.29 is 9.47 Å². The molecule has 0 saturated carbocycles. The number of likely N-dealkylation sites (N-methyl/N-ethyl adjacent to an activating group) is 1. The number of rotatable bonds is 9. The molecular formula is C15H33IN4O2. The minimum atomic E-state index is 0. The van der Waals surface area contributed by atoms with Crippen LogP contribution in [0.3, 0.4) is 0 Å². The molecular weight excluding hydrogens is 395 g/mol. The van der Waals surface area contributed by atoms with Crippen molar-refractivity contribution in [3.8, 4) is 0 Å². The predicted octanol–water partition coefficient (Wildman–Crippen LogP) is 1.12. The van der Waals surface area contributed by atoms with Crippen molar-refractivity contribution in [1.29, 1.82) is 0 Å². The van der Waals surface area contributed by atoms with E-state index in [0.29, 0.717) is 5.92 Å². The third-order valence-corrected chi connectivity index (χ3v) is 3.74. The average Bonchev–Trinajstić information content (AvgIpc) is 2.93. The van der Waals surface area contributed by atoms with Gasteiger partial charge in [0.2, 0.25) is 0 Å². The lowest BCUT2D eigenvalue weighted by Crippen LogP contribution is -2.40. The largest absolute Gasteiger partial charge is 0.384 e. The van der Waals surface area contributed by atoms with Gasteiger partial charge in [-0.05, 0) is 20.4 Å². The number of methoxy groups -OCH3 is 2. The van der Waals surface area contributed by atoms with Crippen molar-refractivity contribution >= 4 is 29.9 Å². The third-order valence-electron chi connectivity index (χ3n) is 3.74. The molecule has 1 rings (SSSR count). The number of nitrogens with zero attached hydrogens (tertiary/aromatic N) is 3. The fourth-order valence-electron chi connectivity index (χ4n) is 2.51. The lowest BCUT2D eigenvalue weighted by atomic mass is 10.1. The number of nitrogens with one attached hydrogen (secondary N) is 1. The van der Waals surface area contributed by atoms with Crippen LogP contribution >= 0.6 is 24.0 Å². The van der Waals surface area contributed by atoms with Gasteiger partial charge in [-0.2, -0.15) is 0 Å². The monoisotopic (exact) mass is 428 g/mol. The van der Waals surface area contributed by atoms with Crippen molar-refractivity contribution in [2.24, 2.45) is 10.9 Å². The zero-order chi connectivity index (χ0) is 15.5. The van der Waals surface area contributed by atoms with Crippen LogP contribution in [0.25, 0.3) is 0 Å². The van der Waals surface area contributed by atoms with Gasteiger partial charge in [0.25, 0.3) is 0 Å². The Hall–Kier alpha value is -0.120. The van der Waals surface area contributed by atoms with Gasteiger partial charge >= 0.3 is 0 Å². The molecule has 0 aromatic heterocycles. The number of ether oxygens (including phenoxy) is 2. The maximum atomic E-state index is 5.26. The zero-order valence-electron chi connectivity index (χ0n) is 14.5. The first-order valence-electron chi connectivity index (χ1n) is 7.90. The van der Waals surface area contributed by atoms with Gasteiger partial charge in [0, 0.05) is 52.9 Å². The molecule has 0 amide bonds. The molecule has 1 N–H and O–H groups in total. The van der Waals surface area contributed by atoms with Crippen molar-refractivity contribution in [3.05, 3.63) is 0 Å². The van der Waals surface area contributed by atoms with E-state index < -0.39 is 0 Å². The molecule has 0 radical (unpaired) electrons. The van der Waals surface area contributed by atoms with Crippen LogP contribution in [0.5, 0.6) is 0 Å². The zero-order valence-corrected chi connectivity index (χ0v) is 16.8. The molecule has 0 bridgehead atoms. The first kappa shape index (κ1) is 21.9. The first-order valence-corrected chi connectivity index (χ1v) is 7.90. The second kappa shape index (κ2) is 13.3. The van der Waals surface area contributed by atoms with Crippen LogP contribution in [0.15, 0.2) is 4.99 Å². The van der Waals surface area contributed by atoms with Gasteiger partial charge < -0.3 is 24.6 Å². The highest BCUT2D eigenvalue weighted by atomic mass is 127. The summed E-state index contributed by atoms with van der Waals surface area (Å²) in [7, 11) is 5.61. The van der Waals surface area contributed by atoms with E-state index in [0.717, 1.165) is 58.4 Å². The smallest absolute Gasteiger partial charge is 0.193 e. The summed E-state index contributed by atoms with van der Waals surface area (Å²) in [4.78, 5) is 9.34. The molecule has 1 fully saturated rings. The van der Waals surface area contributed by atoms with Crippen LogP contribution in [0.4, 0.5) is 0 Å². The Balaban J connectivity index is 0.00000441. The number of likely N-dealkylation sites (tertiary alicyclic amines) is 1. The van der Waals surface area contributed by atoms with Crippen molar-refractivity contribution in [1.82, 2.24) is 15.1 Å². The van der Waals surface area contributed by atoms with Crippen molar-refractivity contribution in [2.45, 2.75) is 13.3 Å². The topological polar surface area (TPSA) is 49.3 Å². The minimum absolute atomic E-state index is 0.